The van der Waals surface area contributed by atoms with Crippen LogP contribution >= 0.6 is 0 Å². The maximum atomic E-state index is 12.9. The number of furan rings is 1. The fourth-order valence-corrected chi connectivity index (χ4v) is 3.27. The van der Waals surface area contributed by atoms with Gasteiger partial charge in [-0.15, -0.1) is 0 Å². The predicted octanol–water partition coefficient (Wildman–Crippen LogP) is 2.79. The van der Waals surface area contributed by atoms with Gasteiger partial charge in [0.15, 0.2) is 5.76 Å². The summed E-state index contributed by atoms with van der Waals surface area (Å²) in [5, 5.41) is 9.94. The van der Waals surface area contributed by atoms with Crippen molar-refractivity contribution in [3.8, 4) is 17.7 Å². The van der Waals surface area contributed by atoms with Gasteiger partial charge in [-0.05, 0) is 37.1 Å². The molecule has 3 heterocycles. The molecule has 142 valence electrons. The van der Waals surface area contributed by atoms with E-state index >= 15 is 0 Å². The highest BCUT2D eigenvalue weighted by molar-refractivity contribution is 5.96. The van der Waals surface area contributed by atoms with E-state index in [0.717, 1.165) is 18.2 Å². The van der Waals surface area contributed by atoms with Gasteiger partial charge in [-0.1, -0.05) is 0 Å². The predicted molar refractivity (Wildman–Crippen MR) is 99.1 cm³/mol. The molecule has 8 nitrogen and oxygen atoms in total. The first-order valence-corrected chi connectivity index (χ1v) is 8.92. The number of nitrogens with zero attached hydrogens (tertiary/aromatic N) is 4. The minimum absolute atomic E-state index is 0.136. The largest absolute Gasteiger partial charge is 0.497 e. The zero-order chi connectivity index (χ0) is 19.5. The first-order valence-electron chi connectivity index (χ1n) is 8.92. The van der Waals surface area contributed by atoms with Crippen LogP contribution in [0, 0.1) is 11.3 Å². The van der Waals surface area contributed by atoms with Crippen LogP contribution in [0.25, 0.3) is 11.0 Å². The van der Waals surface area contributed by atoms with E-state index in [9.17, 15) is 4.79 Å². The molecule has 0 spiro atoms. The molecule has 1 aliphatic rings. The number of piperidine rings is 1. The van der Waals surface area contributed by atoms with E-state index in [0.29, 0.717) is 24.4 Å². The molecule has 1 amide bonds. The SMILES string of the molecule is COc1ccc2oc(C(=O)N3CCCC(Oc4nccnc4C#N)C3)cc2c1. The molecule has 1 saturated heterocycles. The number of likely N-dealkylation sites (tertiary alicyclic amines) is 1. The molecular weight excluding hydrogens is 360 g/mol. The standard InChI is InChI=1S/C20H18N4O4/c1-26-14-4-5-17-13(9-14)10-18(28-17)20(25)24-8-2-3-15(12-24)27-19-16(11-21)22-6-7-23-19/h4-7,9-10,15H,2-3,8,12H2,1H3. The lowest BCUT2D eigenvalue weighted by molar-refractivity contribution is 0.0501. The second-order valence-electron chi connectivity index (χ2n) is 6.47. The van der Waals surface area contributed by atoms with Crippen molar-refractivity contribution in [3.05, 3.63) is 48.1 Å². The highest BCUT2D eigenvalue weighted by Gasteiger charge is 2.28. The number of hydrogen-bond acceptors (Lipinski definition) is 7. The van der Waals surface area contributed by atoms with E-state index in [1.807, 2.05) is 12.1 Å². The molecule has 4 rings (SSSR count). The summed E-state index contributed by atoms with van der Waals surface area (Å²) in [6, 6.07) is 9.09. The molecule has 0 N–H and O–H groups in total. The molecular formula is C20H18N4O4. The van der Waals surface area contributed by atoms with Gasteiger partial charge in [0.1, 0.15) is 23.5 Å². The zero-order valence-corrected chi connectivity index (χ0v) is 15.3. The van der Waals surface area contributed by atoms with Gasteiger partial charge in [-0.25, -0.2) is 9.97 Å². The lowest BCUT2D eigenvalue weighted by Crippen LogP contribution is -2.44. The van der Waals surface area contributed by atoms with Crippen LogP contribution in [0.1, 0.15) is 29.1 Å². The monoisotopic (exact) mass is 378 g/mol. The van der Waals surface area contributed by atoms with Crippen LogP contribution in [0.3, 0.4) is 0 Å². The Labute approximate surface area is 161 Å². The highest BCUT2D eigenvalue weighted by atomic mass is 16.5. The number of benzene rings is 1. The molecule has 2 aromatic heterocycles. The second-order valence-corrected chi connectivity index (χ2v) is 6.47. The lowest BCUT2D eigenvalue weighted by atomic mass is 10.1. The van der Waals surface area contributed by atoms with E-state index in [1.165, 1.54) is 12.4 Å². The number of nitriles is 1. The quantitative estimate of drug-likeness (QED) is 0.688. The molecule has 1 atom stereocenters. The average Bonchev–Trinajstić information content (AvgIpc) is 3.17. The highest BCUT2D eigenvalue weighted by Crippen LogP contribution is 2.26. The topological polar surface area (TPSA) is 101 Å². The minimum Gasteiger partial charge on any atom is -0.497 e. The Kier molecular flexibility index (Phi) is 4.81. The van der Waals surface area contributed by atoms with Gasteiger partial charge < -0.3 is 18.8 Å². The fourth-order valence-electron chi connectivity index (χ4n) is 3.27. The molecule has 1 fully saturated rings. The average molecular weight is 378 g/mol. The van der Waals surface area contributed by atoms with Crippen LogP contribution in [0.4, 0.5) is 0 Å². The molecule has 0 radical (unpaired) electrons. The van der Waals surface area contributed by atoms with Crippen molar-refractivity contribution in [3.63, 3.8) is 0 Å². The molecule has 1 aromatic carbocycles. The van der Waals surface area contributed by atoms with Gasteiger partial charge in [-0.2, -0.15) is 5.26 Å². The first-order chi connectivity index (χ1) is 13.7. The Morgan fingerprint density at radius 1 is 1.32 bits per heavy atom. The Morgan fingerprint density at radius 2 is 2.18 bits per heavy atom. The van der Waals surface area contributed by atoms with Crippen molar-refractivity contribution in [2.24, 2.45) is 0 Å². The van der Waals surface area contributed by atoms with Crippen molar-refractivity contribution >= 4 is 16.9 Å². The van der Waals surface area contributed by atoms with Crippen molar-refractivity contribution in [2.45, 2.75) is 18.9 Å². The molecule has 1 aliphatic heterocycles. The number of amides is 1. The zero-order valence-electron chi connectivity index (χ0n) is 15.3. The maximum absolute atomic E-state index is 12.9. The molecule has 0 bridgehead atoms. The number of carbonyl (C=O) groups excluding carboxylic acids is 1. The molecule has 8 heteroatoms. The summed E-state index contributed by atoms with van der Waals surface area (Å²) < 4.78 is 16.8. The van der Waals surface area contributed by atoms with E-state index < -0.39 is 0 Å². The van der Waals surface area contributed by atoms with Crippen LogP contribution in [-0.4, -0.2) is 47.1 Å². The molecule has 0 saturated carbocycles. The molecule has 0 aliphatic carbocycles. The van der Waals surface area contributed by atoms with E-state index in [1.54, 1.807) is 30.2 Å². The Bertz CT molecular complexity index is 1060. The lowest BCUT2D eigenvalue weighted by Gasteiger charge is -2.32. The van der Waals surface area contributed by atoms with Gasteiger partial charge in [0, 0.05) is 24.3 Å². The summed E-state index contributed by atoms with van der Waals surface area (Å²) in [6.45, 7) is 1.01. The summed E-state index contributed by atoms with van der Waals surface area (Å²) in [5.74, 6) is 0.986. The second kappa shape index (κ2) is 7.56. The van der Waals surface area contributed by atoms with Crippen molar-refractivity contribution in [2.75, 3.05) is 20.2 Å². The third-order valence-corrected chi connectivity index (χ3v) is 4.65. The number of aromatic nitrogens is 2. The normalized spacial score (nSPS) is 16.6. The van der Waals surface area contributed by atoms with Gasteiger partial charge >= 0.3 is 0 Å². The fraction of sp³-hybridized carbons (Fsp3) is 0.300. The summed E-state index contributed by atoms with van der Waals surface area (Å²) in [4.78, 5) is 22.6. The van der Waals surface area contributed by atoms with Gasteiger partial charge in [0.2, 0.25) is 5.69 Å². The van der Waals surface area contributed by atoms with Crippen molar-refractivity contribution < 1.29 is 18.7 Å². The van der Waals surface area contributed by atoms with Gasteiger partial charge in [-0.3, -0.25) is 4.79 Å². The molecule has 3 aromatic rings. The minimum atomic E-state index is -0.258. The van der Waals surface area contributed by atoms with Crippen LogP contribution in [-0.2, 0) is 0 Å². The third-order valence-electron chi connectivity index (χ3n) is 4.65. The van der Waals surface area contributed by atoms with Gasteiger partial charge in [0.05, 0.1) is 13.7 Å². The Morgan fingerprint density at radius 3 is 3.00 bits per heavy atom. The number of fused-ring (bicyclic) bond motifs is 1. The van der Waals surface area contributed by atoms with Gasteiger partial charge in [0.25, 0.3) is 11.8 Å². The van der Waals surface area contributed by atoms with Crippen molar-refractivity contribution in [1.82, 2.24) is 14.9 Å². The Balaban J connectivity index is 1.49. The smallest absolute Gasteiger partial charge is 0.289 e. The number of rotatable bonds is 4. The van der Waals surface area contributed by atoms with Crippen LogP contribution in [0.2, 0.25) is 0 Å². The van der Waals surface area contributed by atoms with E-state index in [-0.39, 0.29) is 29.3 Å². The van der Waals surface area contributed by atoms with Crippen LogP contribution in [0.15, 0.2) is 41.1 Å². The molecule has 28 heavy (non-hydrogen) atoms. The summed E-state index contributed by atoms with van der Waals surface area (Å²) in [7, 11) is 1.59. The van der Waals surface area contributed by atoms with E-state index in [2.05, 4.69) is 9.97 Å². The summed E-state index contributed by atoms with van der Waals surface area (Å²) in [5.41, 5.74) is 0.768. The number of methoxy groups -OCH3 is 1. The summed E-state index contributed by atoms with van der Waals surface area (Å²) in [6.07, 6.45) is 4.21. The third kappa shape index (κ3) is 3.47. The van der Waals surface area contributed by atoms with E-state index in [4.69, 9.17) is 19.2 Å². The maximum Gasteiger partial charge on any atom is 0.289 e. The number of carbonyl (C=O) groups is 1. The Hall–Kier alpha value is -3.60. The first kappa shape index (κ1) is 17.8. The molecule has 1 unspecified atom stereocenters. The summed E-state index contributed by atoms with van der Waals surface area (Å²) >= 11 is 0. The number of ether oxygens (including phenoxy) is 2. The van der Waals surface area contributed by atoms with Crippen LogP contribution in [0.5, 0.6) is 11.6 Å². The van der Waals surface area contributed by atoms with Crippen LogP contribution < -0.4 is 9.47 Å². The number of hydrogen-bond donors (Lipinski definition) is 0. The van der Waals surface area contributed by atoms with Crippen molar-refractivity contribution in [1.29, 1.82) is 5.26 Å².